The first-order chi connectivity index (χ1) is 14.2. The maximum Gasteiger partial charge on any atom is 0.337 e. The van der Waals surface area contributed by atoms with E-state index in [0.29, 0.717) is 30.4 Å². The van der Waals surface area contributed by atoms with E-state index < -0.39 is 0 Å². The molecule has 0 atom stereocenters. The van der Waals surface area contributed by atoms with E-state index in [9.17, 15) is 4.79 Å². The van der Waals surface area contributed by atoms with Gasteiger partial charge < -0.3 is 14.2 Å². The van der Waals surface area contributed by atoms with Crippen LogP contribution in [-0.2, 0) is 15.9 Å². The number of carbonyl (C=O) groups excluding carboxylic acids is 1. The topological polar surface area (TPSA) is 57.1 Å². The van der Waals surface area contributed by atoms with E-state index in [1.54, 1.807) is 12.1 Å². The Morgan fingerprint density at radius 3 is 2.72 bits per heavy atom. The number of methoxy groups -OCH3 is 1. The second-order valence-electron chi connectivity index (χ2n) is 7.39. The quantitative estimate of drug-likeness (QED) is 0.670. The highest BCUT2D eigenvalue weighted by atomic mass is 16.5. The fourth-order valence-corrected chi connectivity index (χ4v) is 3.53. The zero-order chi connectivity index (χ0) is 20.1. The molecule has 29 heavy (non-hydrogen) atoms. The van der Waals surface area contributed by atoms with Crippen molar-refractivity contribution in [3.8, 4) is 5.75 Å². The summed E-state index contributed by atoms with van der Waals surface area (Å²) in [5, 5.41) is 0. The van der Waals surface area contributed by atoms with Crippen molar-refractivity contribution in [1.82, 2.24) is 0 Å². The number of hydrogen-bond donors (Lipinski definition) is 0. The molecule has 0 saturated carbocycles. The van der Waals surface area contributed by atoms with Crippen LogP contribution >= 0.6 is 0 Å². The van der Waals surface area contributed by atoms with Gasteiger partial charge in [0.15, 0.2) is 0 Å². The molecule has 0 aromatic heterocycles. The molecule has 2 heterocycles. The van der Waals surface area contributed by atoms with Crippen molar-refractivity contribution in [2.24, 2.45) is 10.9 Å². The van der Waals surface area contributed by atoms with Crippen LogP contribution in [0.25, 0.3) is 5.57 Å². The average molecular weight is 391 g/mol. The van der Waals surface area contributed by atoms with E-state index in [-0.39, 0.29) is 5.97 Å². The number of carbonyl (C=O) groups is 1. The Bertz CT molecular complexity index is 929. The van der Waals surface area contributed by atoms with Crippen LogP contribution in [0.5, 0.6) is 5.75 Å². The number of rotatable bonds is 7. The molecule has 4 rings (SSSR count). The fraction of sp³-hybridized carbons (Fsp3) is 0.333. The van der Waals surface area contributed by atoms with E-state index in [1.807, 2.05) is 12.1 Å². The summed E-state index contributed by atoms with van der Waals surface area (Å²) >= 11 is 0. The summed E-state index contributed by atoms with van der Waals surface area (Å²) in [5.74, 6) is 0.754. The fourth-order valence-electron chi connectivity index (χ4n) is 3.53. The van der Waals surface area contributed by atoms with Gasteiger partial charge in [0, 0.05) is 30.0 Å². The highest BCUT2D eigenvalue weighted by Gasteiger charge is 2.22. The highest BCUT2D eigenvalue weighted by molar-refractivity contribution is 5.98. The Morgan fingerprint density at radius 1 is 1.17 bits per heavy atom. The Morgan fingerprint density at radius 2 is 2.00 bits per heavy atom. The van der Waals surface area contributed by atoms with Gasteiger partial charge >= 0.3 is 5.97 Å². The molecule has 0 spiro atoms. The molecule has 2 aliphatic heterocycles. The van der Waals surface area contributed by atoms with Crippen LogP contribution in [-0.4, -0.2) is 45.2 Å². The lowest BCUT2D eigenvalue weighted by atomic mass is 9.93. The summed E-state index contributed by atoms with van der Waals surface area (Å²) in [4.78, 5) is 16.7. The van der Waals surface area contributed by atoms with E-state index in [0.717, 1.165) is 37.3 Å². The van der Waals surface area contributed by atoms with Gasteiger partial charge in [-0.15, -0.1) is 0 Å². The first-order valence-corrected chi connectivity index (χ1v) is 9.91. The van der Waals surface area contributed by atoms with E-state index in [4.69, 9.17) is 19.2 Å². The minimum atomic E-state index is -0.364. The lowest BCUT2D eigenvalue weighted by molar-refractivity contribution is -0.0508. The van der Waals surface area contributed by atoms with Crippen LogP contribution in [0.15, 0.2) is 59.6 Å². The molecule has 0 amide bonds. The van der Waals surface area contributed by atoms with Gasteiger partial charge in [0.25, 0.3) is 0 Å². The van der Waals surface area contributed by atoms with Crippen LogP contribution in [0.3, 0.4) is 0 Å². The van der Waals surface area contributed by atoms with Gasteiger partial charge in [-0.05, 0) is 23.3 Å². The maximum absolute atomic E-state index is 12.0. The number of hydrogen-bond acceptors (Lipinski definition) is 5. The summed E-state index contributed by atoms with van der Waals surface area (Å²) in [6.45, 7) is 2.69. The number of ether oxygens (including phenoxy) is 3. The normalized spacial score (nSPS) is 16.4. The predicted molar refractivity (Wildman–Crippen MR) is 113 cm³/mol. The third-order valence-electron chi connectivity index (χ3n) is 5.23. The van der Waals surface area contributed by atoms with Crippen molar-refractivity contribution >= 4 is 17.3 Å². The minimum absolute atomic E-state index is 0.364. The second-order valence-corrected chi connectivity index (χ2v) is 7.39. The summed E-state index contributed by atoms with van der Waals surface area (Å²) < 4.78 is 16.2. The van der Waals surface area contributed by atoms with E-state index in [2.05, 4.69) is 30.3 Å². The second kappa shape index (κ2) is 9.05. The number of allylic oxidation sites excluding steroid dienone is 1. The molecule has 0 bridgehead atoms. The summed E-state index contributed by atoms with van der Waals surface area (Å²) in [6, 6.07) is 15.9. The lowest BCUT2D eigenvalue weighted by Gasteiger charge is -2.26. The largest absolute Gasteiger partial charge is 0.492 e. The number of esters is 1. The SMILES string of the molecule is COC(=O)c1ccc(C2=CCN=C(Cc3ccccc3)C2)c(OCC2COC2)c1. The Balaban J connectivity index is 1.54. The zero-order valence-electron chi connectivity index (χ0n) is 16.6. The molecular weight excluding hydrogens is 366 g/mol. The van der Waals surface area contributed by atoms with Crippen LogP contribution in [0.1, 0.15) is 27.9 Å². The van der Waals surface area contributed by atoms with Crippen molar-refractivity contribution in [1.29, 1.82) is 0 Å². The summed E-state index contributed by atoms with van der Waals surface area (Å²) in [6.07, 6.45) is 3.75. The third kappa shape index (κ3) is 4.74. The zero-order valence-corrected chi connectivity index (χ0v) is 16.6. The highest BCUT2D eigenvalue weighted by Crippen LogP contribution is 2.32. The molecule has 2 aromatic rings. The molecule has 0 aliphatic carbocycles. The number of nitrogens with zero attached hydrogens (tertiary/aromatic N) is 1. The van der Waals surface area contributed by atoms with Gasteiger partial charge in [-0.25, -0.2) is 4.79 Å². The number of aliphatic imine (C=N–C) groups is 1. The average Bonchev–Trinajstić information content (AvgIpc) is 2.73. The van der Waals surface area contributed by atoms with Gasteiger partial charge in [0.1, 0.15) is 5.75 Å². The molecule has 150 valence electrons. The first-order valence-electron chi connectivity index (χ1n) is 9.91. The van der Waals surface area contributed by atoms with Crippen molar-refractivity contribution in [2.45, 2.75) is 12.8 Å². The number of benzene rings is 2. The standard InChI is InChI=1S/C24H25NO4/c1-27-24(26)20-7-8-22(23(13-20)29-16-18-14-28-15-18)19-9-10-25-21(12-19)11-17-5-3-2-4-6-17/h2-9,13,18H,10-12,14-16H2,1H3. The van der Waals surface area contributed by atoms with Crippen molar-refractivity contribution in [3.05, 3.63) is 71.3 Å². The predicted octanol–water partition coefficient (Wildman–Crippen LogP) is 3.97. The van der Waals surface area contributed by atoms with E-state index >= 15 is 0 Å². The molecule has 1 saturated heterocycles. The lowest BCUT2D eigenvalue weighted by Crippen LogP contribution is -2.32. The Labute approximate surface area is 171 Å². The minimum Gasteiger partial charge on any atom is -0.492 e. The van der Waals surface area contributed by atoms with Gasteiger partial charge in [-0.1, -0.05) is 42.5 Å². The van der Waals surface area contributed by atoms with E-state index in [1.165, 1.54) is 18.2 Å². The smallest absolute Gasteiger partial charge is 0.337 e. The Hall–Kier alpha value is -2.92. The molecule has 1 fully saturated rings. The molecule has 2 aromatic carbocycles. The third-order valence-corrected chi connectivity index (χ3v) is 5.23. The molecule has 0 unspecified atom stereocenters. The van der Waals surface area contributed by atoms with Crippen molar-refractivity contribution in [2.75, 3.05) is 33.5 Å². The molecule has 0 radical (unpaired) electrons. The molecule has 0 N–H and O–H groups in total. The Kier molecular flexibility index (Phi) is 6.06. The number of dihydropyridines is 1. The van der Waals surface area contributed by atoms with Gasteiger partial charge in [0.05, 0.1) is 39.0 Å². The van der Waals surface area contributed by atoms with Crippen LogP contribution in [0, 0.1) is 5.92 Å². The molecule has 5 nitrogen and oxygen atoms in total. The van der Waals surface area contributed by atoms with Crippen LogP contribution in [0.2, 0.25) is 0 Å². The maximum atomic E-state index is 12.0. The molecule has 5 heteroatoms. The van der Waals surface area contributed by atoms with Gasteiger partial charge in [-0.2, -0.15) is 0 Å². The van der Waals surface area contributed by atoms with Crippen LogP contribution < -0.4 is 4.74 Å². The monoisotopic (exact) mass is 391 g/mol. The van der Waals surface area contributed by atoms with Crippen molar-refractivity contribution in [3.63, 3.8) is 0 Å². The summed E-state index contributed by atoms with van der Waals surface area (Å²) in [5.41, 5.74) is 5.10. The first kappa shape index (κ1) is 19.4. The molecular formula is C24H25NO4. The van der Waals surface area contributed by atoms with Crippen LogP contribution in [0.4, 0.5) is 0 Å². The summed E-state index contributed by atoms with van der Waals surface area (Å²) in [7, 11) is 1.39. The van der Waals surface area contributed by atoms with Gasteiger partial charge in [0.2, 0.25) is 0 Å². The molecule has 2 aliphatic rings. The van der Waals surface area contributed by atoms with Gasteiger partial charge in [-0.3, -0.25) is 4.99 Å². The van der Waals surface area contributed by atoms with Crippen molar-refractivity contribution < 1.29 is 19.0 Å².